The molecule has 1 N–H and O–H groups in total. The van der Waals surface area contributed by atoms with Gasteiger partial charge < -0.3 is 10.1 Å². The van der Waals surface area contributed by atoms with Crippen molar-refractivity contribution in [2.24, 2.45) is 0 Å². The Hall–Kier alpha value is -3.22. The first-order chi connectivity index (χ1) is 11.1. The summed E-state index contributed by atoms with van der Waals surface area (Å²) in [6.45, 7) is -0.370. The molecular formula is C16H13N3O4. The molecule has 7 heteroatoms. The fourth-order valence-electron chi connectivity index (χ4n) is 2.30. The first-order valence-electron chi connectivity index (χ1n) is 6.85. The van der Waals surface area contributed by atoms with Crippen LogP contribution < -0.4 is 10.1 Å². The van der Waals surface area contributed by atoms with Crippen LogP contribution in [0.5, 0.6) is 5.75 Å². The predicted octanol–water partition coefficient (Wildman–Crippen LogP) is 1.32. The molecule has 0 radical (unpaired) electrons. The van der Waals surface area contributed by atoms with Crippen molar-refractivity contribution in [3.63, 3.8) is 0 Å². The zero-order valence-corrected chi connectivity index (χ0v) is 12.3. The number of rotatable bonds is 4. The van der Waals surface area contributed by atoms with Gasteiger partial charge in [0.2, 0.25) is 5.91 Å². The third kappa shape index (κ3) is 2.76. The summed E-state index contributed by atoms with van der Waals surface area (Å²) in [4.78, 5) is 41.2. The Morgan fingerprint density at radius 2 is 2.04 bits per heavy atom. The monoisotopic (exact) mass is 311 g/mol. The van der Waals surface area contributed by atoms with Crippen LogP contribution in [0, 0.1) is 0 Å². The molecule has 23 heavy (non-hydrogen) atoms. The van der Waals surface area contributed by atoms with E-state index < -0.39 is 17.7 Å². The van der Waals surface area contributed by atoms with E-state index in [1.54, 1.807) is 30.3 Å². The molecule has 1 aliphatic heterocycles. The molecule has 0 fully saturated rings. The van der Waals surface area contributed by atoms with Crippen molar-refractivity contribution in [3.05, 3.63) is 53.9 Å². The molecule has 1 aromatic carbocycles. The molecule has 2 aromatic rings. The Balaban J connectivity index is 1.71. The lowest BCUT2D eigenvalue weighted by Crippen LogP contribution is -2.37. The second-order valence-electron chi connectivity index (χ2n) is 4.88. The summed E-state index contributed by atoms with van der Waals surface area (Å²) < 4.78 is 5.07. The number of methoxy groups -OCH3 is 1. The number of amides is 3. The van der Waals surface area contributed by atoms with E-state index in [1.807, 2.05) is 0 Å². The van der Waals surface area contributed by atoms with Crippen molar-refractivity contribution in [3.8, 4) is 5.75 Å². The van der Waals surface area contributed by atoms with E-state index in [-0.39, 0.29) is 17.8 Å². The van der Waals surface area contributed by atoms with Gasteiger partial charge in [0, 0.05) is 18.0 Å². The second-order valence-corrected chi connectivity index (χ2v) is 4.88. The van der Waals surface area contributed by atoms with E-state index in [0.29, 0.717) is 11.4 Å². The van der Waals surface area contributed by atoms with E-state index in [0.717, 1.165) is 4.90 Å². The van der Waals surface area contributed by atoms with Crippen LogP contribution in [0.1, 0.15) is 20.8 Å². The number of hydrogen-bond acceptors (Lipinski definition) is 5. The minimum Gasteiger partial charge on any atom is -0.497 e. The van der Waals surface area contributed by atoms with Crippen LogP contribution in [0.3, 0.4) is 0 Å². The summed E-state index contributed by atoms with van der Waals surface area (Å²) in [5, 5.41) is 2.63. The normalized spacial score (nSPS) is 13.0. The number of nitrogens with zero attached hydrogens (tertiary/aromatic N) is 2. The Kier molecular flexibility index (Phi) is 3.76. The highest BCUT2D eigenvalue weighted by Gasteiger charge is 2.37. The zero-order chi connectivity index (χ0) is 16.4. The number of pyridine rings is 1. The van der Waals surface area contributed by atoms with Crippen LogP contribution in [0.25, 0.3) is 0 Å². The molecule has 0 unspecified atom stereocenters. The maximum Gasteiger partial charge on any atom is 0.280 e. The first-order valence-corrected chi connectivity index (χ1v) is 6.85. The lowest BCUT2D eigenvalue weighted by Gasteiger charge is -2.13. The van der Waals surface area contributed by atoms with Gasteiger partial charge in [0.1, 0.15) is 18.0 Å². The number of ether oxygens (including phenoxy) is 1. The molecule has 2 heterocycles. The lowest BCUT2D eigenvalue weighted by atomic mass is 10.2. The first kappa shape index (κ1) is 14.7. The number of nitrogens with one attached hydrogen (secondary N) is 1. The fraction of sp³-hybridized carbons (Fsp3) is 0.125. The molecular weight excluding hydrogens is 298 g/mol. The predicted molar refractivity (Wildman–Crippen MR) is 81.2 cm³/mol. The van der Waals surface area contributed by atoms with E-state index >= 15 is 0 Å². The van der Waals surface area contributed by atoms with Crippen molar-refractivity contribution >= 4 is 23.4 Å². The van der Waals surface area contributed by atoms with Crippen molar-refractivity contribution < 1.29 is 19.1 Å². The number of imide groups is 1. The minimum absolute atomic E-state index is 0.0756. The Bertz CT molecular complexity index is 768. The Labute approximate surface area is 131 Å². The molecule has 3 amide bonds. The Morgan fingerprint density at radius 1 is 1.22 bits per heavy atom. The van der Waals surface area contributed by atoms with Gasteiger partial charge in [-0.25, -0.2) is 0 Å². The van der Waals surface area contributed by atoms with Gasteiger partial charge in [-0.1, -0.05) is 6.07 Å². The van der Waals surface area contributed by atoms with Gasteiger partial charge in [-0.3, -0.25) is 24.3 Å². The molecule has 0 saturated carbocycles. The fourth-order valence-corrected chi connectivity index (χ4v) is 2.30. The second kappa shape index (κ2) is 5.88. The molecule has 0 aliphatic carbocycles. The van der Waals surface area contributed by atoms with Crippen molar-refractivity contribution in [2.75, 3.05) is 19.0 Å². The molecule has 1 aromatic heterocycles. The Morgan fingerprint density at radius 3 is 2.78 bits per heavy atom. The van der Waals surface area contributed by atoms with Gasteiger partial charge in [0.25, 0.3) is 11.8 Å². The standard InChI is InChI=1S/C16H13N3O4/c1-23-11-5-2-4-10(8-11)18-13(20)9-19-15(21)12-6-3-7-17-14(12)16(19)22/h2-8H,9H2,1H3,(H,18,20). The zero-order valence-electron chi connectivity index (χ0n) is 12.3. The average molecular weight is 311 g/mol. The molecule has 0 saturated heterocycles. The third-order valence-electron chi connectivity index (χ3n) is 3.39. The van der Waals surface area contributed by atoms with Crippen LogP contribution in [0.4, 0.5) is 5.69 Å². The van der Waals surface area contributed by atoms with Gasteiger partial charge in [0.15, 0.2) is 0 Å². The number of benzene rings is 1. The van der Waals surface area contributed by atoms with Gasteiger partial charge in [-0.2, -0.15) is 0 Å². The average Bonchev–Trinajstić information content (AvgIpc) is 2.80. The highest BCUT2D eigenvalue weighted by Crippen LogP contribution is 2.21. The molecule has 0 spiro atoms. The van der Waals surface area contributed by atoms with Gasteiger partial charge in [0.05, 0.1) is 12.7 Å². The van der Waals surface area contributed by atoms with Crippen molar-refractivity contribution in [1.82, 2.24) is 9.88 Å². The molecule has 7 nitrogen and oxygen atoms in total. The van der Waals surface area contributed by atoms with Crippen LogP contribution in [0.2, 0.25) is 0 Å². The number of carbonyl (C=O) groups is 3. The summed E-state index contributed by atoms with van der Waals surface area (Å²) in [7, 11) is 1.52. The van der Waals surface area contributed by atoms with Crippen LogP contribution in [-0.2, 0) is 4.79 Å². The lowest BCUT2D eigenvalue weighted by molar-refractivity contribution is -0.116. The highest BCUT2D eigenvalue weighted by molar-refractivity contribution is 6.21. The van der Waals surface area contributed by atoms with Crippen molar-refractivity contribution in [1.29, 1.82) is 0 Å². The maximum atomic E-state index is 12.2. The quantitative estimate of drug-likeness (QED) is 0.860. The molecule has 0 atom stereocenters. The van der Waals surface area contributed by atoms with Crippen LogP contribution in [0.15, 0.2) is 42.6 Å². The van der Waals surface area contributed by atoms with Crippen LogP contribution >= 0.6 is 0 Å². The van der Waals surface area contributed by atoms with E-state index in [1.165, 1.54) is 19.4 Å². The topological polar surface area (TPSA) is 88.6 Å². The number of carbonyl (C=O) groups excluding carboxylic acids is 3. The molecule has 1 aliphatic rings. The number of hydrogen-bond donors (Lipinski definition) is 1. The summed E-state index contributed by atoms with van der Waals surface area (Å²) in [6, 6.07) is 9.88. The van der Waals surface area contributed by atoms with E-state index in [4.69, 9.17) is 4.74 Å². The molecule has 3 rings (SSSR count). The van der Waals surface area contributed by atoms with Crippen LogP contribution in [-0.4, -0.2) is 41.3 Å². The van der Waals surface area contributed by atoms with Gasteiger partial charge in [-0.15, -0.1) is 0 Å². The number of anilines is 1. The molecule has 0 bridgehead atoms. The molecule has 116 valence electrons. The minimum atomic E-state index is -0.564. The van der Waals surface area contributed by atoms with E-state index in [2.05, 4.69) is 10.3 Å². The number of fused-ring (bicyclic) bond motifs is 1. The SMILES string of the molecule is COc1cccc(NC(=O)CN2C(=O)c3cccnc3C2=O)c1. The summed E-state index contributed by atoms with van der Waals surface area (Å²) in [5.41, 5.74) is 0.808. The largest absolute Gasteiger partial charge is 0.497 e. The maximum absolute atomic E-state index is 12.2. The smallest absolute Gasteiger partial charge is 0.280 e. The summed E-state index contributed by atoms with van der Waals surface area (Å²) in [6.07, 6.45) is 1.43. The third-order valence-corrected chi connectivity index (χ3v) is 3.39. The van der Waals surface area contributed by atoms with Gasteiger partial charge >= 0.3 is 0 Å². The summed E-state index contributed by atoms with van der Waals surface area (Å²) in [5.74, 6) is -0.967. The van der Waals surface area contributed by atoms with Gasteiger partial charge in [-0.05, 0) is 24.3 Å². The van der Waals surface area contributed by atoms with Crippen molar-refractivity contribution in [2.45, 2.75) is 0 Å². The number of aromatic nitrogens is 1. The summed E-state index contributed by atoms with van der Waals surface area (Å²) >= 11 is 0. The highest BCUT2D eigenvalue weighted by atomic mass is 16.5. The van der Waals surface area contributed by atoms with E-state index in [9.17, 15) is 14.4 Å².